The summed E-state index contributed by atoms with van der Waals surface area (Å²) in [6, 6.07) is 7.91. The van der Waals surface area contributed by atoms with E-state index in [9.17, 15) is 18.4 Å². The number of carbonyl (C=O) groups is 2. The van der Waals surface area contributed by atoms with Crippen LogP contribution in [0.2, 0.25) is 5.02 Å². The molecule has 166 valence electrons. The lowest BCUT2D eigenvalue weighted by atomic mass is 10.1. The molecule has 1 fully saturated rings. The first-order valence-corrected chi connectivity index (χ1v) is 10.1. The average Bonchev–Trinajstić information content (AvgIpc) is 3.25. The molecular formula is C22H24ClF2N3O3. The van der Waals surface area contributed by atoms with Crippen molar-refractivity contribution in [3.63, 3.8) is 0 Å². The Labute approximate surface area is 184 Å². The van der Waals surface area contributed by atoms with Gasteiger partial charge in [-0.1, -0.05) is 23.7 Å². The lowest BCUT2D eigenvalue weighted by Gasteiger charge is -2.29. The van der Waals surface area contributed by atoms with Crippen LogP contribution in [0.25, 0.3) is 0 Å². The SMILES string of the molecule is COC(=O)c1ccc(CN(C(=O)N2CC[C@H](N(C)C)C2)c2cccc(Cl)c2F)c(F)c1. The summed E-state index contributed by atoms with van der Waals surface area (Å²) in [5, 5.41) is -0.135. The van der Waals surface area contributed by atoms with Crippen LogP contribution in [-0.4, -0.2) is 62.1 Å². The van der Waals surface area contributed by atoms with Crippen LogP contribution in [0, 0.1) is 11.6 Å². The third kappa shape index (κ3) is 4.97. The van der Waals surface area contributed by atoms with Crippen molar-refractivity contribution in [3.05, 3.63) is 64.2 Å². The van der Waals surface area contributed by atoms with Gasteiger partial charge in [0.1, 0.15) is 5.82 Å². The molecule has 31 heavy (non-hydrogen) atoms. The van der Waals surface area contributed by atoms with E-state index in [1.54, 1.807) is 4.90 Å². The lowest BCUT2D eigenvalue weighted by molar-refractivity contribution is 0.0600. The lowest BCUT2D eigenvalue weighted by Crippen LogP contribution is -2.43. The minimum Gasteiger partial charge on any atom is -0.465 e. The molecule has 0 aromatic heterocycles. The summed E-state index contributed by atoms with van der Waals surface area (Å²) in [6.07, 6.45) is 0.785. The van der Waals surface area contributed by atoms with Gasteiger partial charge in [-0.2, -0.15) is 0 Å². The van der Waals surface area contributed by atoms with Crippen molar-refractivity contribution in [2.24, 2.45) is 0 Å². The third-order valence-corrected chi connectivity index (χ3v) is 5.71. The fourth-order valence-electron chi connectivity index (χ4n) is 3.56. The van der Waals surface area contributed by atoms with Crippen LogP contribution in [-0.2, 0) is 11.3 Å². The van der Waals surface area contributed by atoms with Gasteiger partial charge in [-0.25, -0.2) is 18.4 Å². The summed E-state index contributed by atoms with van der Waals surface area (Å²) in [5.41, 5.74) is 0.134. The molecule has 0 spiro atoms. The Morgan fingerprint density at radius 3 is 2.58 bits per heavy atom. The quantitative estimate of drug-likeness (QED) is 0.640. The van der Waals surface area contributed by atoms with Gasteiger partial charge in [-0.3, -0.25) is 4.90 Å². The van der Waals surface area contributed by atoms with Crippen LogP contribution in [0.1, 0.15) is 22.3 Å². The number of hydrogen-bond donors (Lipinski definition) is 0. The Morgan fingerprint density at radius 2 is 1.97 bits per heavy atom. The van der Waals surface area contributed by atoms with Gasteiger partial charge in [0.2, 0.25) is 0 Å². The van der Waals surface area contributed by atoms with Crippen molar-refractivity contribution >= 4 is 29.3 Å². The first-order valence-electron chi connectivity index (χ1n) is 9.76. The monoisotopic (exact) mass is 451 g/mol. The maximum atomic E-state index is 14.8. The molecule has 1 saturated heterocycles. The highest BCUT2D eigenvalue weighted by Crippen LogP contribution is 2.29. The van der Waals surface area contributed by atoms with Crippen LogP contribution >= 0.6 is 11.6 Å². The number of amides is 2. The number of halogens is 3. The molecule has 0 bridgehead atoms. The van der Waals surface area contributed by atoms with E-state index in [1.807, 2.05) is 19.0 Å². The Morgan fingerprint density at radius 1 is 1.23 bits per heavy atom. The van der Waals surface area contributed by atoms with E-state index in [0.717, 1.165) is 12.5 Å². The average molecular weight is 452 g/mol. The second kappa shape index (κ2) is 9.62. The summed E-state index contributed by atoms with van der Waals surface area (Å²) in [7, 11) is 5.07. The zero-order valence-electron chi connectivity index (χ0n) is 17.6. The molecule has 1 atom stereocenters. The minimum atomic E-state index is -0.757. The molecule has 0 aliphatic carbocycles. The van der Waals surface area contributed by atoms with Crippen LogP contribution in [0.15, 0.2) is 36.4 Å². The van der Waals surface area contributed by atoms with Crippen LogP contribution in [0.5, 0.6) is 0 Å². The highest BCUT2D eigenvalue weighted by Gasteiger charge is 2.32. The third-order valence-electron chi connectivity index (χ3n) is 5.42. The topological polar surface area (TPSA) is 53.1 Å². The van der Waals surface area contributed by atoms with Gasteiger partial charge in [-0.05, 0) is 44.8 Å². The number of benzene rings is 2. The number of anilines is 1. The molecule has 0 radical (unpaired) electrons. The van der Waals surface area contributed by atoms with Crippen LogP contribution < -0.4 is 4.90 Å². The molecule has 9 heteroatoms. The maximum Gasteiger partial charge on any atom is 0.337 e. The van der Waals surface area contributed by atoms with E-state index < -0.39 is 23.6 Å². The maximum absolute atomic E-state index is 14.8. The van der Waals surface area contributed by atoms with Gasteiger partial charge in [0, 0.05) is 24.7 Å². The summed E-state index contributed by atoms with van der Waals surface area (Å²) >= 11 is 5.93. The first kappa shape index (κ1) is 23.0. The second-order valence-corrected chi connectivity index (χ2v) is 8.00. The van der Waals surface area contributed by atoms with E-state index in [0.29, 0.717) is 13.1 Å². The smallest absolute Gasteiger partial charge is 0.337 e. The summed E-state index contributed by atoms with van der Waals surface area (Å²) < 4.78 is 34.1. The van der Waals surface area contributed by atoms with Crippen LogP contribution in [0.4, 0.5) is 19.3 Å². The summed E-state index contributed by atoms with van der Waals surface area (Å²) in [6.45, 7) is 0.755. The first-order chi connectivity index (χ1) is 14.7. The molecule has 2 aromatic rings. The number of esters is 1. The van der Waals surface area contributed by atoms with Gasteiger partial charge in [0.05, 0.1) is 29.9 Å². The van der Waals surface area contributed by atoms with E-state index in [2.05, 4.69) is 4.74 Å². The molecule has 2 aromatic carbocycles. The zero-order chi connectivity index (χ0) is 22.7. The molecular weight excluding hydrogens is 428 g/mol. The van der Waals surface area contributed by atoms with Crippen molar-refractivity contribution in [1.29, 1.82) is 0 Å². The van der Waals surface area contributed by atoms with Crippen molar-refractivity contribution in [1.82, 2.24) is 9.80 Å². The number of urea groups is 1. The van der Waals surface area contributed by atoms with Gasteiger partial charge >= 0.3 is 12.0 Å². The molecule has 0 unspecified atom stereocenters. The van der Waals surface area contributed by atoms with Gasteiger partial charge in [0.15, 0.2) is 5.82 Å². The van der Waals surface area contributed by atoms with Gasteiger partial charge in [-0.15, -0.1) is 0 Å². The van der Waals surface area contributed by atoms with Crippen molar-refractivity contribution in [2.75, 3.05) is 39.2 Å². The number of nitrogens with zero attached hydrogens (tertiary/aromatic N) is 3. The summed E-state index contributed by atoms with van der Waals surface area (Å²) in [4.78, 5) is 29.8. The molecule has 1 aliphatic rings. The van der Waals surface area contributed by atoms with Crippen LogP contribution in [0.3, 0.4) is 0 Å². The highest BCUT2D eigenvalue weighted by atomic mass is 35.5. The number of methoxy groups -OCH3 is 1. The predicted molar refractivity (Wildman–Crippen MR) is 114 cm³/mol. The Bertz CT molecular complexity index is 986. The Hall–Kier alpha value is -2.71. The molecule has 0 N–H and O–H groups in total. The number of ether oxygens (including phenoxy) is 1. The predicted octanol–water partition coefficient (Wildman–Crippen LogP) is 4.17. The Balaban J connectivity index is 1.94. The number of rotatable bonds is 5. The number of likely N-dealkylation sites (tertiary alicyclic amines) is 1. The number of likely N-dealkylation sites (N-methyl/N-ethyl adjacent to an activating group) is 1. The fraction of sp³-hybridized carbons (Fsp3) is 0.364. The van der Waals surface area contributed by atoms with E-state index in [4.69, 9.17) is 11.6 Å². The highest BCUT2D eigenvalue weighted by molar-refractivity contribution is 6.31. The fourth-order valence-corrected chi connectivity index (χ4v) is 3.72. The molecule has 1 heterocycles. The summed E-state index contributed by atoms with van der Waals surface area (Å²) in [5.74, 6) is -2.13. The molecule has 3 rings (SSSR count). The molecule has 1 aliphatic heterocycles. The van der Waals surface area contributed by atoms with Gasteiger partial charge in [0.25, 0.3) is 0 Å². The Kier molecular flexibility index (Phi) is 7.12. The largest absolute Gasteiger partial charge is 0.465 e. The molecule has 0 saturated carbocycles. The zero-order valence-corrected chi connectivity index (χ0v) is 18.3. The molecule has 2 amide bonds. The van der Waals surface area contributed by atoms with Crippen molar-refractivity contribution in [3.8, 4) is 0 Å². The number of hydrogen-bond acceptors (Lipinski definition) is 4. The van der Waals surface area contributed by atoms with Crippen molar-refractivity contribution in [2.45, 2.75) is 19.0 Å². The second-order valence-electron chi connectivity index (χ2n) is 7.59. The van der Waals surface area contributed by atoms with Gasteiger partial charge < -0.3 is 14.5 Å². The van der Waals surface area contributed by atoms with Crippen molar-refractivity contribution < 1.29 is 23.1 Å². The van der Waals surface area contributed by atoms with E-state index in [1.165, 1.54) is 42.3 Å². The van der Waals surface area contributed by atoms with E-state index in [-0.39, 0.29) is 34.4 Å². The minimum absolute atomic E-state index is 0.0396. The number of carbonyl (C=O) groups excluding carboxylic acids is 2. The van der Waals surface area contributed by atoms with E-state index >= 15 is 0 Å². The normalized spacial score (nSPS) is 16.0. The standard InChI is InChI=1S/C22H24ClF2N3O3/c1-26(2)16-9-10-27(13-16)22(30)28(19-6-4-5-17(23)20(19)25)12-15-8-7-14(11-18(15)24)21(29)31-3/h4-8,11,16H,9-10,12-13H2,1-3H3/t16-/m0/s1. The molecule has 6 nitrogen and oxygen atoms in total.